The molecule has 3 heteroatoms. The molecule has 17 heavy (non-hydrogen) atoms. The van der Waals surface area contributed by atoms with E-state index in [1.807, 2.05) is 37.3 Å². The molecule has 0 saturated carbocycles. The second kappa shape index (κ2) is 4.99. The Kier molecular flexibility index (Phi) is 3.60. The molecular formula is C14H12Cl2O. The molecule has 0 atom stereocenters. The quantitative estimate of drug-likeness (QED) is 0.745. The highest BCUT2D eigenvalue weighted by Gasteiger charge is 2.08. The van der Waals surface area contributed by atoms with Crippen LogP contribution in [0.2, 0.25) is 10.0 Å². The van der Waals surface area contributed by atoms with Crippen molar-refractivity contribution in [2.24, 2.45) is 0 Å². The van der Waals surface area contributed by atoms with Gasteiger partial charge in [0.2, 0.25) is 0 Å². The number of methoxy groups -OCH3 is 1. The SMILES string of the molecule is COc1ccc(-c2ccc(C)cc2Cl)c(Cl)c1. The van der Waals surface area contributed by atoms with E-state index in [4.69, 9.17) is 27.9 Å². The van der Waals surface area contributed by atoms with Gasteiger partial charge in [-0.05, 0) is 36.8 Å². The van der Waals surface area contributed by atoms with E-state index in [0.717, 1.165) is 22.4 Å². The Labute approximate surface area is 111 Å². The largest absolute Gasteiger partial charge is 0.497 e. The Morgan fingerprint density at radius 3 is 2.00 bits per heavy atom. The number of hydrogen-bond donors (Lipinski definition) is 0. The second-order valence-electron chi connectivity index (χ2n) is 3.83. The summed E-state index contributed by atoms with van der Waals surface area (Å²) in [5.41, 5.74) is 2.98. The lowest BCUT2D eigenvalue weighted by atomic mass is 10.0. The standard InChI is InChI=1S/C14H12Cl2O/c1-9-3-5-11(13(15)7-9)12-6-4-10(17-2)8-14(12)16/h3-8H,1-2H3. The molecule has 88 valence electrons. The van der Waals surface area contributed by atoms with E-state index < -0.39 is 0 Å². The first-order valence-corrected chi connectivity index (χ1v) is 5.97. The molecular weight excluding hydrogens is 255 g/mol. The summed E-state index contributed by atoms with van der Waals surface area (Å²) in [6.45, 7) is 2.01. The van der Waals surface area contributed by atoms with Crippen LogP contribution in [0.4, 0.5) is 0 Å². The molecule has 0 radical (unpaired) electrons. The molecule has 0 fully saturated rings. The summed E-state index contributed by atoms with van der Waals surface area (Å²) in [5, 5.41) is 1.34. The molecule has 0 bridgehead atoms. The van der Waals surface area contributed by atoms with Gasteiger partial charge < -0.3 is 4.74 Å². The molecule has 0 heterocycles. The topological polar surface area (TPSA) is 9.23 Å². The third-order valence-corrected chi connectivity index (χ3v) is 3.22. The molecule has 0 N–H and O–H groups in total. The van der Waals surface area contributed by atoms with E-state index in [1.165, 1.54) is 0 Å². The highest BCUT2D eigenvalue weighted by Crippen LogP contribution is 2.35. The number of ether oxygens (including phenoxy) is 1. The maximum atomic E-state index is 6.22. The smallest absolute Gasteiger partial charge is 0.120 e. The molecule has 0 unspecified atom stereocenters. The third kappa shape index (κ3) is 2.56. The average Bonchev–Trinajstić information content (AvgIpc) is 2.30. The van der Waals surface area contributed by atoms with E-state index in [0.29, 0.717) is 10.0 Å². The predicted molar refractivity (Wildman–Crippen MR) is 73.2 cm³/mol. The first-order valence-electron chi connectivity index (χ1n) is 5.22. The van der Waals surface area contributed by atoms with Crippen molar-refractivity contribution >= 4 is 23.2 Å². The van der Waals surface area contributed by atoms with Gasteiger partial charge in [0.05, 0.1) is 12.1 Å². The highest BCUT2D eigenvalue weighted by atomic mass is 35.5. The van der Waals surface area contributed by atoms with Gasteiger partial charge in [-0.25, -0.2) is 0 Å². The van der Waals surface area contributed by atoms with E-state index in [1.54, 1.807) is 13.2 Å². The van der Waals surface area contributed by atoms with Gasteiger partial charge in [0.25, 0.3) is 0 Å². The van der Waals surface area contributed by atoms with Gasteiger partial charge in [0.1, 0.15) is 5.75 Å². The number of hydrogen-bond acceptors (Lipinski definition) is 1. The Hall–Kier alpha value is -1.18. The number of benzene rings is 2. The van der Waals surface area contributed by atoms with Gasteiger partial charge in [0, 0.05) is 16.1 Å². The second-order valence-corrected chi connectivity index (χ2v) is 4.64. The first kappa shape index (κ1) is 12.3. The van der Waals surface area contributed by atoms with Crippen molar-refractivity contribution in [2.45, 2.75) is 6.92 Å². The molecule has 0 spiro atoms. The lowest BCUT2D eigenvalue weighted by Crippen LogP contribution is -1.86. The average molecular weight is 267 g/mol. The fraction of sp³-hybridized carbons (Fsp3) is 0.143. The maximum absolute atomic E-state index is 6.22. The minimum absolute atomic E-state index is 0.634. The molecule has 0 aliphatic rings. The maximum Gasteiger partial charge on any atom is 0.120 e. The van der Waals surface area contributed by atoms with Gasteiger partial charge in [-0.2, -0.15) is 0 Å². The Morgan fingerprint density at radius 2 is 1.47 bits per heavy atom. The van der Waals surface area contributed by atoms with E-state index >= 15 is 0 Å². The third-order valence-electron chi connectivity index (χ3n) is 2.59. The molecule has 2 aromatic carbocycles. The molecule has 0 aliphatic heterocycles. The van der Waals surface area contributed by atoms with Crippen LogP contribution in [0.3, 0.4) is 0 Å². The zero-order valence-electron chi connectivity index (χ0n) is 9.63. The summed E-state index contributed by atoms with van der Waals surface area (Å²) < 4.78 is 5.12. The number of aryl methyl sites for hydroxylation is 1. The van der Waals surface area contributed by atoms with Crippen molar-refractivity contribution in [3.05, 3.63) is 52.0 Å². The van der Waals surface area contributed by atoms with Crippen LogP contribution < -0.4 is 4.74 Å². The Morgan fingerprint density at radius 1 is 0.882 bits per heavy atom. The van der Waals surface area contributed by atoms with E-state index in [9.17, 15) is 0 Å². The molecule has 0 aromatic heterocycles. The fourth-order valence-corrected chi connectivity index (χ4v) is 2.29. The van der Waals surface area contributed by atoms with Crippen LogP contribution >= 0.6 is 23.2 Å². The molecule has 1 nitrogen and oxygen atoms in total. The van der Waals surface area contributed by atoms with Crippen molar-refractivity contribution < 1.29 is 4.74 Å². The number of rotatable bonds is 2. The highest BCUT2D eigenvalue weighted by molar-refractivity contribution is 6.36. The molecule has 0 saturated heterocycles. The monoisotopic (exact) mass is 266 g/mol. The molecule has 0 aliphatic carbocycles. The lowest BCUT2D eigenvalue weighted by molar-refractivity contribution is 0.415. The van der Waals surface area contributed by atoms with E-state index in [-0.39, 0.29) is 0 Å². The number of halogens is 2. The summed E-state index contributed by atoms with van der Waals surface area (Å²) in [4.78, 5) is 0. The molecule has 2 rings (SSSR count). The van der Waals surface area contributed by atoms with Crippen LogP contribution in [0.1, 0.15) is 5.56 Å². The minimum Gasteiger partial charge on any atom is -0.497 e. The van der Waals surface area contributed by atoms with Gasteiger partial charge in [0.15, 0.2) is 0 Å². The molecule has 2 aromatic rings. The van der Waals surface area contributed by atoms with Gasteiger partial charge in [-0.15, -0.1) is 0 Å². The van der Waals surface area contributed by atoms with Crippen molar-refractivity contribution in [3.63, 3.8) is 0 Å². The van der Waals surface area contributed by atoms with Crippen LogP contribution in [0.5, 0.6) is 5.75 Å². The summed E-state index contributed by atoms with van der Waals surface area (Å²) in [6.07, 6.45) is 0. The Balaban J connectivity index is 2.53. The normalized spacial score (nSPS) is 10.4. The van der Waals surface area contributed by atoms with Crippen LogP contribution in [-0.4, -0.2) is 7.11 Å². The van der Waals surface area contributed by atoms with Gasteiger partial charge in [-0.1, -0.05) is 35.3 Å². The summed E-state index contributed by atoms with van der Waals surface area (Å²) >= 11 is 12.4. The lowest BCUT2D eigenvalue weighted by Gasteiger charge is -2.09. The van der Waals surface area contributed by atoms with Crippen molar-refractivity contribution in [2.75, 3.05) is 7.11 Å². The van der Waals surface area contributed by atoms with Crippen LogP contribution in [-0.2, 0) is 0 Å². The zero-order chi connectivity index (χ0) is 12.4. The fourth-order valence-electron chi connectivity index (χ4n) is 1.68. The van der Waals surface area contributed by atoms with E-state index in [2.05, 4.69) is 0 Å². The van der Waals surface area contributed by atoms with Crippen LogP contribution in [0, 0.1) is 6.92 Å². The molecule has 0 amide bonds. The minimum atomic E-state index is 0.634. The first-order chi connectivity index (χ1) is 8.11. The van der Waals surface area contributed by atoms with Gasteiger partial charge in [-0.3, -0.25) is 0 Å². The van der Waals surface area contributed by atoms with Crippen molar-refractivity contribution in [3.8, 4) is 16.9 Å². The van der Waals surface area contributed by atoms with Crippen molar-refractivity contribution in [1.29, 1.82) is 0 Å². The summed E-state index contributed by atoms with van der Waals surface area (Å²) in [7, 11) is 1.62. The van der Waals surface area contributed by atoms with Gasteiger partial charge >= 0.3 is 0 Å². The van der Waals surface area contributed by atoms with Crippen molar-refractivity contribution in [1.82, 2.24) is 0 Å². The Bertz CT molecular complexity index is 550. The van der Waals surface area contributed by atoms with Crippen LogP contribution in [0.15, 0.2) is 36.4 Å². The zero-order valence-corrected chi connectivity index (χ0v) is 11.1. The predicted octanol–water partition coefficient (Wildman–Crippen LogP) is 4.98. The van der Waals surface area contributed by atoms with Crippen LogP contribution in [0.25, 0.3) is 11.1 Å². The summed E-state index contributed by atoms with van der Waals surface area (Å²) in [5.74, 6) is 0.738. The summed E-state index contributed by atoms with van der Waals surface area (Å²) in [6, 6.07) is 11.5.